The van der Waals surface area contributed by atoms with Crippen LogP contribution in [0.15, 0.2) is 6.07 Å². The molecule has 2 aliphatic rings. The highest BCUT2D eigenvalue weighted by Crippen LogP contribution is 2.46. The van der Waals surface area contributed by atoms with E-state index in [4.69, 9.17) is 27.9 Å². The first-order valence-corrected chi connectivity index (χ1v) is 9.70. The Hall–Kier alpha value is 0.550. The lowest BCUT2D eigenvalue weighted by atomic mass is 9.79. The Morgan fingerprint density at radius 1 is 1.50 bits per heavy atom. The molecule has 2 saturated heterocycles. The van der Waals surface area contributed by atoms with Crippen molar-refractivity contribution in [1.29, 1.82) is 0 Å². The van der Waals surface area contributed by atoms with Crippen LogP contribution in [0, 0.1) is 5.92 Å². The molecule has 1 spiro atoms. The molecule has 3 rings (SSSR count). The lowest BCUT2D eigenvalue weighted by Gasteiger charge is -2.41. The summed E-state index contributed by atoms with van der Waals surface area (Å²) < 4.78 is 7.70. The van der Waals surface area contributed by atoms with Gasteiger partial charge < -0.3 is 10.1 Å². The van der Waals surface area contributed by atoms with Crippen molar-refractivity contribution >= 4 is 46.3 Å². The highest BCUT2D eigenvalue weighted by Gasteiger charge is 2.42. The lowest BCUT2D eigenvalue weighted by molar-refractivity contribution is -0.0850. The first-order valence-electron chi connectivity index (χ1n) is 6.97. The van der Waals surface area contributed by atoms with E-state index in [1.165, 1.54) is 23.5 Å². The first-order chi connectivity index (χ1) is 9.63. The van der Waals surface area contributed by atoms with Crippen LogP contribution in [0.25, 0.3) is 0 Å². The predicted molar refractivity (Wildman–Crippen MR) is 89.5 cm³/mol. The summed E-state index contributed by atoms with van der Waals surface area (Å²) in [5.74, 6) is 2.93. The summed E-state index contributed by atoms with van der Waals surface area (Å²) in [4.78, 5) is 0. The second kappa shape index (κ2) is 6.35. The smallest absolute Gasteiger partial charge is 0.0992 e. The van der Waals surface area contributed by atoms with Crippen molar-refractivity contribution in [3.8, 4) is 0 Å². The van der Waals surface area contributed by atoms with E-state index in [1.54, 1.807) is 0 Å². The number of halogens is 2. The standard InChI is InChI=1S/C14H19Cl2NOS2/c1-17-12(10-6-11(15)20-13(10)16)9-2-4-18-14(7-9)3-5-19-8-14/h6,9,12,17H,2-5,7-8H2,1H3. The molecule has 2 aliphatic heterocycles. The van der Waals surface area contributed by atoms with Crippen molar-refractivity contribution in [1.82, 2.24) is 5.32 Å². The van der Waals surface area contributed by atoms with Crippen molar-refractivity contribution in [3.63, 3.8) is 0 Å². The minimum absolute atomic E-state index is 0.106. The molecular formula is C14H19Cl2NOS2. The number of hydrogen-bond acceptors (Lipinski definition) is 4. The van der Waals surface area contributed by atoms with E-state index < -0.39 is 0 Å². The van der Waals surface area contributed by atoms with Gasteiger partial charge in [-0.05, 0) is 44.0 Å². The summed E-state index contributed by atoms with van der Waals surface area (Å²) in [7, 11) is 2.01. The molecule has 0 aromatic carbocycles. The Balaban J connectivity index is 1.80. The Bertz CT molecular complexity index is 474. The minimum atomic E-state index is 0.106. The number of thiophene rings is 1. The van der Waals surface area contributed by atoms with Crippen LogP contribution in [0.1, 0.15) is 30.9 Å². The Kier molecular flexibility index (Phi) is 4.90. The Labute approximate surface area is 138 Å². The molecule has 0 radical (unpaired) electrons. The summed E-state index contributed by atoms with van der Waals surface area (Å²) >= 11 is 15.9. The summed E-state index contributed by atoms with van der Waals surface area (Å²) in [6.45, 7) is 0.860. The molecule has 1 aromatic rings. The van der Waals surface area contributed by atoms with E-state index in [9.17, 15) is 0 Å². The van der Waals surface area contributed by atoms with Gasteiger partial charge in [-0.1, -0.05) is 23.2 Å². The number of hydrogen-bond donors (Lipinski definition) is 1. The first kappa shape index (κ1) is 15.4. The SMILES string of the molecule is CNC(c1cc(Cl)sc1Cl)C1CCOC2(CCSC2)C1. The van der Waals surface area contributed by atoms with Crippen LogP contribution in [0.4, 0.5) is 0 Å². The number of thioether (sulfide) groups is 1. The van der Waals surface area contributed by atoms with Gasteiger partial charge in [0, 0.05) is 24.0 Å². The molecule has 2 fully saturated rings. The normalized spacial score (nSPS) is 31.9. The maximum Gasteiger partial charge on any atom is 0.0992 e. The van der Waals surface area contributed by atoms with E-state index >= 15 is 0 Å². The molecule has 1 aromatic heterocycles. The van der Waals surface area contributed by atoms with E-state index in [2.05, 4.69) is 5.32 Å². The fourth-order valence-electron chi connectivity index (χ4n) is 3.42. The molecule has 20 heavy (non-hydrogen) atoms. The molecule has 3 heterocycles. The van der Waals surface area contributed by atoms with Crippen molar-refractivity contribution in [3.05, 3.63) is 20.3 Å². The topological polar surface area (TPSA) is 21.3 Å². The maximum atomic E-state index is 6.35. The fourth-order valence-corrected chi connectivity index (χ4v) is 6.35. The van der Waals surface area contributed by atoms with Crippen LogP contribution in [-0.4, -0.2) is 30.8 Å². The molecule has 6 heteroatoms. The molecule has 0 amide bonds. The van der Waals surface area contributed by atoms with Crippen LogP contribution < -0.4 is 5.32 Å². The van der Waals surface area contributed by atoms with Crippen molar-refractivity contribution in [2.24, 2.45) is 5.92 Å². The van der Waals surface area contributed by atoms with Gasteiger partial charge in [-0.3, -0.25) is 0 Å². The fraction of sp³-hybridized carbons (Fsp3) is 0.714. The monoisotopic (exact) mass is 351 g/mol. The summed E-state index contributed by atoms with van der Waals surface area (Å²) in [5.41, 5.74) is 1.26. The van der Waals surface area contributed by atoms with E-state index in [-0.39, 0.29) is 11.6 Å². The molecule has 3 atom stereocenters. The minimum Gasteiger partial charge on any atom is -0.374 e. The molecule has 2 nitrogen and oxygen atoms in total. The second-order valence-electron chi connectivity index (χ2n) is 5.63. The van der Waals surface area contributed by atoms with Gasteiger partial charge in [-0.2, -0.15) is 11.8 Å². The quantitative estimate of drug-likeness (QED) is 0.858. The van der Waals surface area contributed by atoms with E-state index in [0.717, 1.165) is 39.4 Å². The van der Waals surface area contributed by atoms with Crippen LogP contribution in [0.5, 0.6) is 0 Å². The third-order valence-corrected chi connectivity index (χ3v) is 7.14. The highest BCUT2D eigenvalue weighted by atomic mass is 35.5. The predicted octanol–water partition coefficient (Wildman–Crippen LogP) is 4.62. The third kappa shape index (κ3) is 3.01. The number of nitrogens with one attached hydrogen (secondary N) is 1. The second-order valence-corrected chi connectivity index (χ2v) is 9.02. The number of rotatable bonds is 3. The largest absolute Gasteiger partial charge is 0.374 e. The summed E-state index contributed by atoms with van der Waals surface area (Å²) in [6.07, 6.45) is 3.39. The third-order valence-electron chi connectivity index (χ3n) is 4.40. The van der Waals surface area contributed by atoms with Gasteiger partial charge in [0.15, 0.2) is 0 Å². The molecule has 0 aliphatic carbocycles. The van der Waals surface area contributed by atoms with Gasteiger partial charge >= 0.3 is 0 Å². The van der Waals surface area contributed by atoms with Crippen molar-refractivity contribution in [2.45, 2.75) is 30.9 Å². The molecular weight excluding hydrogens is 333 g/mol. The van der Waals surface area contributed by atoms with Gasteiger partial charge in [-0.15, -0.1) is 11.3 Å². The maximum absolute atomic E-state index is 6.35. The van der Waals surface area contributed by atoms with Gasteiger partial charge in [0.05, 0.1) is 14.3 Å². The van der Waals surface area contributed by atoms with Gasteiger partial charge in [0.1, 0.15) is 0 Å². The molecule has 112 valence electrons. The zero-order valence-electron chi connectivity index (χ0n) is 11.5. The highest BCUT2D eigenvalue weighted by molar-refractivity contribution is 7.99. The van der Waals surface area contributed by atoms with Crippen LogP contribution in [0.2, 0.25) is 8.67 Å². The number of ether oxygens (including phenoxy) is 1. The van der Waals surface area contributed by atoms with Crippen molar-refractivity contribution in [2.75, 3.05) is 25.2 Å². The van der Waals surface area contributed by atoms with Gasteiger partial charge in [-0.25, -0.2) is 0 Å². The van der Waals surface area contributed by atoms with Gasteiger partial charge in [0.2, 0.25) is 0 Å². The molecule has 0 bridgehead atoms. The average molecular weight is 352 g/mol. The Morgan fingerprint density at radius 2 is 2.35 bits per heavy atom. The summed E-state index contributed by atoms with van der Waals surface area (Å²) in [5, 5.41) is 3.45. The molecule has 0 saturated carbocycles. The zero-order valence-corrected chi connectivity index (χ0v) is 14.6. The Morgan fingerprint density at radius 3 is 2.95 bits per heavy atom. The lowest BCUT2D eigenvalue weighted by Crippen LogP contribution is -2.43. The van der Waals surface area contributed by atoms with Gasteiger partial charge in [0.25, 0.3) is 0 Å². The van der Waals surface area contributed by atoms with E-state index in [0.29, 0.717) is 5.92 Å². The van der Waals surface area contributed by atoms with Crippen LogP contribution in [0.3, 0.4) is 0 Å². The molecule has 1 N–H and O–H groups in total. The van der Waals surface area contributed by atoms with E-state index in [1.807, 2.05) is 24.9 Å². The van der Waals surface area contributed by atoms with Crippen LogP contribution >= 0.6 is 46.3 Å². The van der Waals surface area contributed by atoms with Crippen molar-refractivity contribution < 1.29 is 4.74 Å². The zero-order chi connectivity index (χ0) is 14.2. The van der Waals surface area contributed by atoms with Crippen LogP contribution in [-0.2, 0) is 4.74 Å². The average Bonchev–Trinajstić information content (AvgIpc) is 2.99. The summed E-state index contributed by atoms with van der Waals surface area (Å²) in [6, 6.07) is 2.29. The molecule has 3 unspecified atom stereocenters.